The Morgan fingerprint density at radius 2 is 1.63 bits per heavy atom. The molecule has 1 aliphatic heterocycles. The molecule has 0 unspecified atom stereocenters. The number of para-hydroxylation sites is 1. The third-order valence-electron chi connectivity index (χ3n) is 6.20. The number of thiazole rings is 1. The van der Waals surface area contributed by atoms with E-state index < -0.39 is 17.0 Å². The molecule has 0 radical (unpaired) electrons. The van der Waals surface area contributed by atoms with Crippen molar-refractivity contribution in [2.75, 3.05) is 16.8 Å². The number of carbonyl (C=O) groups is 2. The zero-order valence-electron chi connectivity index (χ0n) is 20.0. The SMILES string of the molecule is Cc1ccc(NC(=O)CN2C(=O)C(=c3sc4nc(=O)c(-c5ccccc5)nn4c3=O)c3ccccc32)cc1. The van der Waals surface area contributed by atoms with Gasteiger partial charge in [0.1, 0.15) is 11.1 Å². The first kappa shape index (κ1) is 23.4. The lowest BCUT2D eigenvalue weighted by Crippen LogP contribution is -2.37. The fraction of sp³-hybridized carbons (Fsp3) is 0.0714. The second-order valence-corrected chi connectivity index (χ2v) is 9.74. The van der Waals surface area contributed by atoms with E-state index in [2.05, 4.69) is 15.4 Å². The maximum absolute atomic E-state index is 13.6. The van der Waals surface area contributed by atoms with Crippen molar-refractivity contribution in [3.63, 3.8) is 0 Å². The highest BCUT2D eigenvalue weighted by atomic mass is 32.1. The van der Waals surface area contributed by atoms with Crippen molar-refractivity contribution >= 4 is 45.1 Å². The highest BCUT2D eigenvalue weighted by molar-refractivity contribution is 7.15. The molecule has 0 atom stereocenters. The molecule has 2 amide bonds. The molecule has 5 aromatic rings. The molecule has 0 saturated heterocycles. The number of benzene rings is 3. The summed E-state index contributed by atoms with van der Waals surface area (Å²) >= 11 is 0.923. The standard InChI is InChI=1S/C28H19N5O4S/c1-16-11-13-18(14-12-16)29-21(34)15-32-20-10-6-5-9-19(20)22(26(32)36)24-27(37)33-28(38-24)30-25(35)23(31-33)17-7-3-2-4-8-17/h2-14H,15H2,1H3,(H,29,34). The van der Waals surface area contributed by atoms with Gasteiger partial charge in [0.15, 0.2) is 5.69 Å². The third-order valence-corrected chi connectivity index (χ3v) is 7.23. The van der Waals surface area contributed by atoms with Crippen LogP contribution in [0.1, 0.15) is 11.1 Å². The van der Waals surface area contributed by atoms with E-state index in [-0.39, 0.29) is 33.2 Å². The summed E-state index contributed by atoms with van der Waals surface area (Å²) in [5.41, 5.74) is 2.32. The monoisotopic (exact) mass is 521 g/mol. The predicted molar refractivity (Wildman–Crippen MR) is 145 cm³/mol. The Hall–Kier alpha value is -4.96. The van der Waals surface area contributed by atoms with Gasteiger partial charge in [-0.15, -0.1) is 0 Å². The third kappa shape index (κ3) is 3.97. The highest BCUT2D eigenvalue weighted by Gasteiger charge is 2.35. The Morgan fingerprint density at radius 3 is 2.39 bits per heavy atom. The molecule has 3 heterocycles. The Morgan fingerprint density at radius 1 is 0.921 bits per heavy atom. The van der Waals surface area contributed by atoms with Gasteiger partial charge < -0.3 is 5.32 Å². The Bertz CT molecular complexity index is 1910. The highest BCUT2D eigenvalue weighted by Crippen LogP contribution is 2.35. The lowest BCUT2D eigenvalue weighted by atomic mass is 10.1. The smallest absolute Gasteiger partial charge is 0.300 e. The van der Waals surface area contributed by atoms with E-state index in [0.29, 0.717) is 22.5 Å². The molecular formula is C28H19N5O4S. The van der Waals surface area contributed by atoms with Crippen molar-refractivity contribution in [3.8, 4) is 11.3 Å². The number of hydrogen-bond donors (Lipinski definition) is 1. The number of rotatable bonds is 4. The van der Waals surface area contributed by atoms with Crippen molar-refractivity contribution in [1.29, 1.82) is 0 Å². The number of carbonyl (C=O) groups excluding carboxylic acids is 2. The summed E-state index contributed by atoms with van der Waals surface area (Å²) in [7, 11) is 0. The lowest BCUT2D eigenvalue weighted by molar-refractivity contribution is -0.118. The first-order valence-electron chi connectivity index (χ1n) is 11.7. The molecule has 0 fully saturated rings. The number of aromatic nitrogens is 3. The minimum atomic E-state index is -0.568. The molecule has 0 aliphatic carbocycles. The van der Waals surface area contributed by atoms with Gasteiger partial charge in [0.2, 0.25) is 10.9 Å². The molecule has 0 saturated carbocycles. The zero-order chi connectivity index (χ0) is 26.4. The quantitative estimate of drug-likeness (QED) is 0.389. The molecule has 6 rings (SSSR count). The van der Waals surface area contributed by atoms with Crippen LogP contribution in [0.15, 0.2) is 88.5 Å². The van der Waals surface area contributed by atoms with E-state index in [9.17, 15) is 19.2 Å². The second-order valence-electron chi connectivity index (χ2n) is 8.76. The summed E-state index contributed by atoms with van der Waals surface area (Å²) in [6.07, 6.45) is 0. The molecule has 186 valence electrons. The zero-order valence-corrected chi connectivity index (χ0v) is 20.9. The number of anilines is 2. The van der Waals surface area contributed by atoms with E-state index in [1.807, 2.05) is 19.1 Å². The van der Waals surface area contributed by atoms with Crippen molar-refractivity contribution in [2.24, 2.45) is 0 Å². The number of hydrogen-bond acceptors (Lipinski definition) is 7. The number of aryl methyl sites for hydroxylation is 1. The van der Waals surface area contributed by atoms with Gasteiger partial charge in [0.05, 0.1) is 11.3 Å². The van der Waals surface area contributed by atoms with Gasteiger partial charge in [-0.1, -0.05) is 77.6 Å². The molecule has 0 bridgehead atoms. The molecule has 1 aliphatic rings. The summed E-state index contributed by atoms with van der Waals surface area (Å²) in [6, 6.07) is 23.1. The van der Waals surface area contributed by atoms with Crippen LogP contribution in [-0.4, -0.2) is 33.0 Å². The van der Waals surface area contributed by atoms with Crippen LogP contribution in [0.3, 0.4) is 0 Å². The Labute approximate surface area is 219 Å². The van der Waals surface area contributed by atoms with E-state index in [1.54, 1.807) is 66.7 Å². The van der Waals surface area contributed by atoms with Crippen LogP contribution in [0, 0.1) is 6.92 Å². The summed E-state index contributed by atoms with van der Waals surface area (Å²) in [6.45, 7) is 1.71. The lowest BCUT2D eigenvalue weighted by Gasteiger charge is -2.16. The maximum atomic E-state index is 13.6. The van der Waals surface area contributed by atoms with Crippen molar-refractivity contribution in [2.45, 2.75) is 6.92 Å². The van der Waals surface area contributed by atoms with Gasteiger partial charge >= 0.3 is 5.56 Å². The van der Waals surface area contributed by atoms with Gasteiger partial charge in [-0.3, -0.25) is 24.1 Å². The van der Waals surface area contributed by atoms with Crippen molar-refractivity contribution in [1.82, 2.24) is 14.6 Å². The molecular weight excluding hydrogens is 502 g/mol. The number of fused-ring (bicyclic) bond motifs is 2. The van der Waals surface area contributed by atoms with Crippen LogP contribution in [0.4, 0.5) is 11.4 Å². The van der Waals surface area contributed by atoms with E-state index in [0.717, 1.165) is 21.4 Å². The molecule has 0 spiro atoms. The normalized spacial score (nSPS) is 14.1. The molecule has 9 nitrogen and oxygen atoms in total. The van der Waals surface area contributed by atoms with Crippen LogP contribution in [0.25, 0.3) is 21.8 Å². The van der Waals surface area contributed by atoms with E-state index >= 15 is 0 Å². The Kier molecular flexibility index (Phi) is 5.65. The molecule has 10 heteroatoms. The summed E-state index contributed by atoms with van der Waals surface area (Å²) in [5, 5.41) is 7.08. The van der Waals surface area contributed by atoms with Crippen molar-refractivity contribution in [3.05, 3.63) is 115 Å². The number of nitrogens with zero attached hydrogens (tertiary/aromatic N) is 4. The van der Waals surface area contributed by atoms with E-state index in [4.69, 9.17) is 0 Å². The molecule has 38 heavy (non-hydrogen) atoms. The van der Waals surface area contributed by atoms with Crippen LogP contribution in [0.5, 0.6) is 0 Å². The second kappa shape index (κ2) is 9.16. The predicted octanol–water partition coefficient (Wildman–Crippen LogP) is 2.39. The summed E-state index contributed by atoms with van der Waals surface area (Å²) < 4.78 is 1.16. The summed E-state index contributed by atoms with van der Waals surface area (Å²) in [5.74, 6) is -0.863. The fourth-order valence-corrected chi connectivity index (χ4v) is 5.37. The average molecular weight is 522 g/mol. The van der Waals surface area contributed by atoms with Gasteiger partial charge in [-0.2, -0.15) is 14.6 Å². The number of nitrogens with one attached hydrogen (secondary N) is 1. The molecule has 3 aromatic carbocycles. The number of amides is 2. The van der Waals surface area contributed by atoms with Crippen molar-refractivity contribution < 1.29 is 9.59 Å². The molecule has 1 N–H and O–H groups in total. The maximum Gasteiger partial charge on any atom is 0.300 e. The molecule has 2 aromatic heterocycles. The average Bonchev–Trinajstić information content (AvgIpc) is 3.37. The summed E-state index contributed by atoms with van der Waals surface area (Å²) in [4.78, 5) is 58.1. The van der Waals surface area contributed by atoms with Crippen LogP contribution < -0.4 is 25.9 Å². The van der Waals surface area contributed by atoms with Gasteiger partial charge in [0, 0.05) is 16.8 Å². The largest absolute Gasteiger partial charge is 0.325 e. The van der Waals surface area contributed by atoms with E-state index in [1.165, 1.54) is 4.90 Å². The minimum absolute atomic E-state index is 0.0436. The first-order valence-corrected chi connectivity index (χ1v) is 12.5. The van der Waals surface area contributed by atoms with Crippen LogP contribution >= 0.6 is 11.3 Å². The minimum Gasteiger partial charge on any atom is -0.325 e. The van der Waals surface area contributed by atoms with Crippen LogP contribution in [-0.2, 0) is 9.59 Å². The first-order chi connectivity index (χ1) is 18.4. The fourth-order valence-electron chi connectivity index (χ4n) is 4.37. The Balaban J connectivity index is 1.44. The van der Waals surface area contributed by atoms with Gasteiger partial charge in [-0.25, -0.2) is 0 Å². The van der Waals surface area contributed by atoms with Crippen LogP contribution in [0.2, 0.25) is 0 Å². The van der Waals surface area contributed by atoms with Gasteiger partial charge in [0.25, 0.3) is 11.5 Å². The topological polar surface area (TPSA) is 114 Å². The van der Waals surface area contributed by atoms with Gasteiger partial charge in [-0.05, 0) is 25.1 Å².